The van der Waals surface area contributed by atoms with Crippen LogP contribution in [0.3, 0.4) is 0 Å². The monoisotopic (exact) mass is 437 g/mol. The number of aliphatic carboxylic acids is 1. The number of benzene rings is 3. The van der Waals surface area contributed by atoms with Crippen molar-refractivity contribution in [3.8, 4) is 11.5 Å². The normalized spacial score (nSPS) is 11.0. The summed E-state index contributed by atoms with van der Waals surface area (Å²) in [5.41, 5.74) is 1.43. The first-order valence-corrected chi connectivity index (χ1v) is 9.71. The standard InChI is InChI=1S/C24H20ClNO5/c1-30-21-14-17(12-19(25)22(21)31-15-16-8-4-2-5-9-16)13-20(24(28)29)26-23(27)18-10-6-3-7-11-18/h2-14H,15H2,1H3,(H,26,27)(H,28,29). The first-order valence-electron chi connectivity index (χ1n) is 9.33. The lowest BCUT2D eigenvalue weighted by atomic mass is 10.1. The molecular weight excluding hydrogens is 418 g/mol. The van der Waals surface area contributed by atoms with E-state index < -0.39 is 11.9 Å². The maximum atomic E-state index is 12.3. The van der Waals surface area contributed by atoms with E-state index in [1.54, 1.807) is 42.5 Å². The fourth-order valence-corrected chi connectivity index (χ4v) is 3.07. The smallest absolute Gasteiger partial charge is 0.352 e. The first kappa shape index (κ1) is 21.9. The number of carboxylic acids is 1. The molecule has 0 unspecified atom stereocenters. The second-order valence-corrected chi connectivity index (χ2v) is 6.90. The van der Waals surface area contributed by atoms with Crippen molar-refractivity contribution in [2.24, 2.45) is 0 Å². The van der Waals surface area contributed by atoms with Gasteiger partial charge < -0.3 is 19.9 Å². The minimum absolute atomic E-state index is 0.251. The van der Waals surface area contributed by atoms with E-state index in [4.69, 9.17) is 21.1 Å². The van der Waals surface area contributed by atoms with E-state index in [1.807, 2.05) is 30.3 Å². The van der Waals surface area contributed by atoms with E-state index in [9.17, 15) is 14.7 Å². The summed E-state index contributed by atoms with van der Waals surface area (Å²) in [4.78, 5) is 24.0. The van der Waals surface area contributed by atoms with E-state index in [2.05, 4.69) is 5.32 Å². The molecule has 158 valence electrons. The fraction of sp³-hybridized carbons (Fsp3) is 0.0833. The van der Waals surface area contributed by atoms with Crippen LogP contribution in [-0.4, -0.2) is 24.1 Å². The van der Waals surface area contributed by atoms with E-state index in [0.717, 1.165) is 5.56 Å². The highest BCUT2D eigenvalue weighted by molar-refractivity contribution is 6.32. The lowest BCUT2D eigenvalue weighted by Crippen LogP contribution is -2.27. The van der Waals surface area contributed by atoms with Gasteiger partial charge in [0.2, 0.25) is 0 Å². The van der Waals surface area contributed by atoms with Gasteiger partial charge in [-0.05, 0) is 41.5 Å². The van der Waals surface area contributed by atoms with E-state index >= 15 is 0 Å². The molecule has 0 aliphatic carbocycles. The van der Waals surface area contributed by atoms with Crippen LogP contribution in [-0.2, 0) is 11.4 Å². The summed E-state index contributed by atoms with van der Waals surface area (Å²) in [6.07, 6.45) is 1.30. The largest absolute Gasteiger partial charge is 0.493 e. The van der Waals surface area contributed by atoms with Gasteiger partial charge in [-0.15, -0.1) is 0 Å². The Kier molecular flexibility index (Phi) is 7.30. The van der Waals surface area contributed by atoms with Crippen LogP contribution in [0.1, 0.15) is 21.5 Å². The van der Waals surface area contributed by atoms with Crippen molar-refractivity contribution in [2.45, 2.75) is 6.61 Å². The number of hydrogen-bond acceptors (Lipinski definition) is 4. The number of halogens is 1. The summed E-state index contributed by atoms with van der Waals surface area (Å²) in [5, 5.41) is 12.2. The number of carbonyl (C=O) groups is 2. The summed E-state index contributed by atoms with van der Waals surface area (Å²) in [6, 6.07) is 21.0. The molecule has 0 aliphatic rings. The van der Waals surface area contributed by atoms with Crippen LogP contribution in [0.2, 0.25) is 5.02 Å². The van der Waals surface area contributed by atoms with Gasteiger partial charge in [-0.3, -0.25) is 4.79 Å². The fourth-order valence-electron chi connectivity index (χ4n) is 2.79. The van der Waals surface area contributed by atoms with Gasteiger partial charge in [0, 0.05) is 5.56 Å². The lowest BCUT2D eigenvalue weighted by molar-refractivity contribution is -0.132. The second-order valence-electron chi connectivity index (χ2n) is 6.49. The molecular formula is C24H20ClNO5. The molecule has 0 heterocycles. The highest BCUT2D eigenvalue weighted by Crippen LogP contribution is 2.37. The van der Waals surface area contributed by atoms with Crippen LogP contribution >= 0.6 is 11.6 Å². The molecule has 6 nitrogen and oxygen atoms in total. The molecule has 3 aromatic rings. The summed E-state index contributed by atoms with van der Waals surface area (Å²) in [5.74, 6) is -1.14. The Hall–Kier alpha value is -3.77. The van der Waals surface area contributed by atoms with Crippen molar-refractivity contribution < 1.29 is 24.2 Å². The van der Waals surface area contributed by atoms with Crippen molar-refractivity contribution in [1.82, 2.24) is 5.32 Å². The SMILES string of the molecule is COc1cc(C=C(NC(=O)c2ccccc2)C(=O)O)cc(Cl)c1OCc1ccccc1. The van der Waals surface area contributed by atoms with Crippen molar-refractivity contribution in [3.05, 3.63) is 100 Å². The third kappa shape index (κ3) is 5.87. The second kappa shape index (κ2) is 10.3. The summed E-state index contributed by atoms with van der Waals surface area (Å²) >= 11 is 6.38. The number of hydrogen-bond donors (Lipinski definition) is 2. The molecule has 0 atom stereocenters. The molecule has 2 N–H and O–H groups in total. The van der Waals surface area contributed by atoms with Crippen LogP contribution in [0.15, 0.2) is 78.5 Å². The van der Waals surface area contributed by atoms with E-state index in [-0.39, 0.29) is 10.7 Å². The number of ether oxygens (including phenoxy) is 2. The summed E-state index contributed by atoms with van der Waals surface area (Å²) in [6.45, 7) is 0.291. The quantitative estimate of drug-likeness (QED) is 0.495. The van der Waals surface area contributed by atoms with Crippen molar-refractivity contribution in [2.75, 3.05) is 7.11 Å². The van der Waals surface area contributed by atoms with Crippen molar-refractivity contribution in [3.63, 3.8) is 0 Å². The zero-order chi connectivity index (χ0) is 22.2. The number of nitrogens with one attached hydrogen (secondary N) is 1. The molecule has 0 aliphatic heterocycles. The number of amides is 1. The molecule has 31 heavy (non-hydrogen) atoms. The molecule has 0 spiro atoms. The predicted molar refractivity (Wildman–Crippen MR) is 118 cm³/mol. The van der Waals surface area contributed by atoms with E-state index in [1.165, 1.54) is 13.2 Å². The molecule has 0 radical (unpaired) electrons. The minimum Gasteiger partial charge on any atom is -0.493 e. The maximum absolute atomic E-state index is 12.3. The Balaban J connectivity index is 1.84. The lowest BCUT2D eigenvalue weighted by Gasteiger charge is -2.14. The van der Waals surface area contributed by atoms with Gasteiger partial charge in [0.15, 0.2) is 11.5 Å². The molecule has 0 saturated carbocycles. The van der Waals surface area contributed by atoms with Crippen LogP contribution in [0, 0.1) is 0 Å². The van der Waals surface area contributed by atoms with Crippen LogP contribution in [0.5, 0.6) is 11.5 Å². The summed E-state index contributed by atoms with van der Waals surface area (Å²) in [7, 11) is 1.46. The summed E-state index contributed by atoms with van der Waals surface area (Å²) < 4.78 is 11.2. The highest BCUT2D eigenvalue weighted by atomic mass is 35.5. The zero-order valence-corrected chi connectivity index (χ0v) is 17.4. The van der Waals surface area contributed by atoms with Gasteiger partial charge in [0.1, 0.15) is 12.3 Å². The van der Waals surface area contributed by atoms with Crippen LogP contribution in [0.25, 0.3) is 6.08 Å². The van der Waals surface area contributed by atoms with Crippen molar-refractivity contribution in [1.29, 1.82) is 0 Å². The maximum Gasteiger partial charge on any atom is 0.352 e. The van der Waals surface area contributed by atoms with Gasteiger partial charge in [-0.25, -0.2) is 4.79 Å². The Bertz CT molecular complexity index is 1100. The number of carboxylic acid groups (broad SMARTS) is 1. The average molecular weight is 438 g/mol. The number of carbonyl (C=O) groups excluding carboxylic acids is 1. The third-order valence-corrected chi connectivity index (χ3v) is 4.58. The molecule has 3 aromatic carbocycles. The van der Waals surface area contributed by atoms with E-state index in [0.29, 0.717) is 29.2 Å². The topological polar surface area (TPSA) is 84.9 Å². The molecule has 0 bridgehead atoms. The van der Waals surface area contributed by atoms with Gasteiger partial charge in [0.25, 0.3) is 5.91 Å². The Morgan fingerprint density at radius 2 is 1.68 bits per heavy atom. The zero-order valence-electron chi connectivity index (χ0n) is 16.7. The van der Waals surface area contributed by atoms with Gasteiger partial charge >= 0.3 is 5.97 Å². The van der Waals surface area contributed by atoms with Gasteiger partial charge in [-0.2, -0.15) is 0 Å². The van der Waals surface area contributed by atoms with Crippen molar-refractivity contribution >= 4 is 29.6 Å². The number of rotatable bonds is 8. The molecule has 7 heteroatoms. The molecule has 0 aromatic heterocycles. The highest BCUT2D eigenvalue weighted by Gasteiger charge is 2.16. The molecule has 0 fully saturated rings. The number of methoxy groups -OCH3 is 1. The Morgan fingerprint density at radius 1 is 1.03 bits per heavy atom. The minimum atomic E-state index is -1.29. The average Bonchev–Trinajstić information content (AvgIpc) is 2.78. The predicted octanol–water partition coefficient (Wildman–Crippen LogP) is 4.78. The first-order chi connectivity index (χ1) is 15.0. The molecule has 1 amide bonds. The Morgan fingerprint density at radius 3 is 2.29 bits per heavy atom. The molecule has 3 rings (SSSR count). The van der Waals surface area contributed by atoms with Gasteiger partial charge in [-0.1, -0.05) is 60.1 Å². The third-order valence-electron chi connectivity index (χ3n) is 4.30. The van der Waals surface area contributed by atoms with Gasteiger partial charge in [0.05, 0.1) is 12.1 Å². The molecule has 0 saturated heterocycles. The Labute approximate surface area is 184 Å². The van der Waals surface area contributed by atoms with Crippen LogP contribution < -0.4 is 14.8 Å². The van der Waals surface area contributed by atoms with Crippen LogP contribution in [0.4, 0.5) is 0 Å².